The molecule has 2 N–H and O–H groups in total. The normalized spacial score (nSPS) is 12.4. The highest BCUT2D eigenvalue weighted by atomic mass is 32.2. The summed E-state index contributed by atoms with van der Waals surface area (Å²) < 4.78 is 0. The standard InChI is InChI=1S/C15H19N3S/c1-3-12(16)10-13-8-9-17-15(18-13)11-4-6-14(19-2)7-5-11/h4-9,12H,3,10,16H2,1-2H3. The first kappa shape index (κ1) is 14.0. The first-order valence-corrected chi connectivity index (χ1v) is 7.67. The minimum atomic E-state index is 0.168. The predicted octanol–water partition coefficient (Wildman–Crippen LogP) is 3.15. The Labute approximate surface area is 118 Å². The Hall–Kier alpha value is -1.39. The molecule has 0 bridgehead atoms. The zero-order chi connectivity index (χ0) is 13.7. The van der Waals surface area contributed by atoms with Crippen molar-refractivity contribution >= 4 is 11.8 Å². The number of aromatic nitrogens is 2. The van der Waals surface area contributed by atoms with E-state index in [2.05, 4.69) is 47.4 Å². The van der Waals surface area contributed by atoms with Crippen LogP contribution in [0.15, 0.2) is 41.4 Å². The molecule has 0 spiro atoms. The molecule has 100 valence electrons. The maximum Gasteiger partial charge on any atom is 0.159 e. The summed E-state index contributed by atoms with van der Waals surface area (Å²) in [4.78, 5) is 10.2. The van der Waals surface area contributed by atoms with E-state index < -0.39 is 0 Å². The average molecular weight is 273 g/mol. The van der Waals surface area contributed by atoms with Gasteiger partial charge in [0.1, 0.15) is 0 Å². The molecule has 0 saturated carbocycles. The molecule has 0 fully saturated rings. The number of hydrogen-bond acceptors (Lipinski definition) is 4. The van der Waals surface area contributed by atoms with Gasteiger partial charge in [-0.3, -0.25) is 0 Å². The summed E-state index contributed by atoms with van der Waals surface area (Å²) >= 11 is 1.73. The molecular weight excluding hydrogens is 254 g/mol. The van der Waals surface area contributed by atoms with Crippen LogP contribution in [0.25, 0.3) is 11.4 Å². The Bertz CT molecular complexity index is 525. The molecule has 2 aromatic rings. The lowest BCUT2D eigenvalue weighted by molar-refractivity contribution is 0.636. The average Bonchev–Trinajstić information content (AvgIpc) is 2.47. The molecule has 4 heteroatoms. The van der Waals surface area contributed by atoms with Crippen LogP contribution in [0.1, 0.15) is 19.0 Å². The second-order valence-corrected chi connectivity index (χ2v) is 5.35. The van der Waals surface area contributed by atoms with Crippen molar-refractivity contribution in [3.63, 3.8) is 0 Å². The lowest BCUT2D eigenvalue weighted by atomic mass is 10.1. The third kappa shape index (κ3) is 3.78. The minimum Gasteiger partial charge on any atom is -0.327 e. The highest BCUT2D eigenvalue weighted by Gasteiger charge is 2.06. The number of nitrogens with zero attached hydrogens (tertiary/aromatic N) is 2. The van der Waals surface area contributed by atoms with Crippen LogP contribution in [0, 0.1) is 0 Å². The molecule has 19 heavy (non-hydrogen) atoms. The van der Waals surface area contributed by atoms with Crippen molar-refractivity contribution in [1.82, 2.24) is 9.97 Å². The molecule has 1 aromatic carbocycles. The van der Waals surface area contributed by atoms with Gasteiger partial charge in [-0.15, -0.1) is 11.8 Å². The Morgan fingerprint density at radius 2 is 1.95 bits per heavy atom. The van der Waals surface area contributed by atoms with Crippen molar-refractivity contribution in [2.24, 2.45) is 5.73 Å². The maximum atomic E-state index is 5.97. The summed E-state index contributed by atoms with van der Waals surface area (Å²) in [6, 6.07) is 10.4. The Balaban J connectivity index is 2.21. The van der Waals surface area contributed by atoms with Crippen LogP contribution in [0.5, 0.6) is 0 Å². The summed E-state index contributed by atoms with van der Waals surface area (Å²) in [5.41, 5.74) is 8.02. The van der Waals surface area contributed by atoms with Gasteiger partial charge in [0.15, 0.2) is 5.82 Å². The number of rotatable bonds is 5. The highest BCUT2D eigenvalue weighted by molar-refractivity contribution is 7.98. The van der Waals surface area contributed by atoms with E-state index in [4.69, 9.17) is 5.73 Å². The Morgan fingerprint density at radius 1 is 1.21 bits per heavy atom. The van der Waals surface area contributed by atoms with Crippen molar-refractivity contribution in [2.75, 3.05) is 6.26 Å². The van der Waals surface area contributed by atoms with Crippen molar-refractivity contribution < 1.29 is 0 Å². The van der Waals surface area contributed by atoms with Gasteiger partial charge in [0.25, 0.3) is 0 Å². The molecule has 0 saturated heterocycles. The molecule has 0 aliphatic heterocycles. The fourth-order valence-electron chi connectivity index (χ4n) is 1.80. The molecule has 1 aromatic heterocycles. The van der Waals surface area contributed by atoms with E-state index >= 15 is 0 Å². The van der Waals surface area contributed by atoms with Gasteiger partial charge in [-0.25, -0.2) is 9.97 Å². The number of hydrogen-bond donors (Lipinski definition) is 1. The van der Waals surface area contributed by atoms with Crippen LogP contribution in [0.2, 0.25) is 0 Å². The summed E-state index contributed by atoms with van der Waals surface area (Å²) in [5, 5.41) is 0. The molecule has 0 aliphatic carbocycles. The second kappa shape index (κ2) is 6.68. The topological polar surface area (TPSA) is 51.8 Å². The lowest BCUT2D eigenvalue weighted by Gasteiger charge is -2.09. The van der Waals surface area contributed by atoms with E-state index in [1.807, 2.05) is 12.3 Å². The van der Waals surface area contributed by atoms with E-state index in [-0.39, 0.29) is 6.04 Å². The summed E-state index contributed by atoms with van der Waals surface area (Å²) in [7, 11) is 0. The predicted molar refractivity (Wildman–Crippen MR) is 81.2 cm³/mol. The molecule has 2 rings (SSSR count). The van der Waals surface area contributed by atoms with Gasteiger partial charge in [0, 0.05) is 34.8 Å². The zero-order valence-electron chi connectivity index (χ0n) is 11.3. The molecular formula is C15H19N3S. The molecule has 1 unspecified atom stereocenters. The molecule has 0 amide bonds. The summed E-state index contributed by atoms with van der Waals surface area (Å²) in [6.45, 7) is 2.09. The third-order valence-electron chi connectivity index (χ3n) is 3.06. The van der Waals surface area contributed by atoms with Crippen LogP contribution in [-0.2, 0) is 6.42 Å². The van der Waals surface area contributed by atoms with Gasteiger partial charge in [0.05, 0.1) is 0 Å². The molecule has 0 aliphatic rings. The fourth-order valence-corrected chi connectivity index (χ4v) is 2.21. The van der Waals surface area contributed by atoms with E-state index in [1.165, 1.54) is 4.90 Å². The fraction of sp³-hybridized carbons (Fsp3) is 0.333. The van der Waals surface area contributed by atoms with Gasteiger partial charge in [-0.05, 0) is 30.9 Å². The molecule has 1 heterocycles. The first-order chi connectivity index (χ1) is 9.22. The monoisotopic (exact) mass is 273 g/mol. The van der Waals surface area contributed by atoms with E-state index in [0.717, 1.165) is 29.9 Å². The maximum absolute atomic E-state index is 5.97. The molecule has 0 radical (unpaired) electrons. The van der Waals surface area contributed by atoms with Crippen LogP contribution in [-0.4, -0.2) is 22.3 Å². The van der Waals surface area contributed by atoms with Gasteiger partial charge < -0.3 is 5.73 Å². The number of thioether (sulfide) groups is 1. The largest absolute Gasteiger partial charge is 0.327 e. The van der Waals surface area contributed by atoms with Crippen LogP contribution >= 0.6 is 11.8 Å². The van der Waals surface area contributed by atoms with Gasteiger partial charge in [-0.1, -0.05) is 19.1 Å². The molecule has 3 nitrogen and oxygen atoms in total. The van der Waals surface area contributed by atoms with Crippen molar-refractivity contribution in [3.05, 3.63) is 42.2 Å². The Morgan fingerprint density at radius 3 is 2.58 bits per heavy atom. The number of benzene rings is 1. The van der Waals surface area contributed by atoms with E-state index in [0.29, 0.717) is 0 Å². The van der Waals surface area contributed by atoms with Gasteiger partial charge in [0.2, 0.25) is 0 Å². The quantitative estimate of drug-likeness (QED) is 0.850. The summed E-state index contributed by atoms with van der Waals surface area (Å²) in [6.07, 6.45) is 5.64. The number of nitrogens with two attached hydrogens (primary N) is 1. The zero-order valence-corrected chi connectivity index (χ0v) is 12.2. The highest BCUT2D eigenvalue weighted by Crippen LogP contribution is 2.20. The van der Waals surface area contributed by atoms with Gasteiger partial charge >= 0.3 is 0 Å². The van der Waals surface area contributed by atoms with Crippen LogP contribution in [0.3, 0.4) is 0 Å². The van der Waals surface area contributed by atoms with Crippen molar-refractivity contribution in [1.29, 1.82) is 0 Å². The lowest BCUT2D eigenvalue weighted by Crippen LogP contribution is -2.22. The minimum absolute atomic E-state index is 0.168. The first-order valence-electron chi connectivity index (χ1n) is 6.45. The summed E-state index contributed by atoms with van der Waals surface area (Å²) in [5.74, 6) is 0.772. The second-order valence-electron chi connectivity index (χ2n) is 4.47. The van der Waals surface area contributed by atoms with E-state index in [1.54, 1.807) is 11.8 Å². The molecule has 1 atom stereocenters. The van der Waals surface area contributed by atoms with Crippen molar-refractivity contribution in [2.45, 2.75) is 30.7 Å². The Kier molecular flexibility index (Phi) is 4.93. The third-order valence-corrected chi connectivity index (χ3v) is 3.80. The van der Waals surface area contributed by atoms with Crippen LogP contribution in [0.4, 0.5) is 0 Å². The van der Waals surface area contributed by atoms with Crippen LogP contribution < -0.4 is 5.73 Å². The van der Waals surface area contributed by atoms with Crippen molar-refractivity contribution in [3.8, 4) is 11.4 Å². The SMILES string of the molecule is CCC(N)Cc1ccnc(-c2ccc(SC)cc2)n1. The van der Waals surface area contributed by atoms with E-state index in [9.17, 15) is 0 Å². The van der Waals surface area contributed by atoms with Gasteiger partial charge in [-0.2, -0.15) is 0 Å². The smallest absolute Gasteiger partial charge is 0.159 e.